The third-order valence-electron chi connectivity index (χ3n) is 5.57. The summed E-state index contributed by atoms with van der Waals surface area (Å²) in [6.45, 7) is 7.66. The van der Waals surface area contributed by atoms with E-state index in [0.717, 1.165) is 43.1 Å². The predicted molar refractivity (Wildman–Crippen MR) is 107 cm³/mol. The molecule has 2 aromatic rings. The van der Waals surface area contributed by atoms with Crippen LogP contribution in [0.1, 0.15) is 44.2 Å². The van der Waals surface area contributed by atoms with E-state index in [4.69, 9.17) is 9.15 Å². The van der Waals surface area contributed by atoms with Crippen molar-refractivity contribution in [3.05, 3.63) is 36.2 Å². The zero-order valence-electron chi connectivity index (χ0n) is 16.2. The average Bonchev–Trinajstić information content (AvgIpc) is 3.39. The Balaban J connectivity index is 1.23. The third-order valence-corrected chi connectivity index (χ3v) is 5.57. The Morgan fingerprint density at radius 1 is 0.889 bits per heavy atom. The minimum absolute atomic E-state index is 0.695. The normalized spacial score (nSPS) is 18.8. The number of benzene rings is 1. The van der Waals surface area contributed by atoms with Crippen LogP contribution < -0.4 is 4.74 Å². The summed E-state index contributed by atoms with van der Waals surface area (Å²) in [5.74, 6) is 1.61. The number of hydrogen-bond donors (Lipinski definition) is 0. The van der Waals surface area contributed by atoms with Crippen molar-refractivity contribution in [2.45, 2.75) is 45.1 Å². The highest BCUT2D eigenvalue weighted by Crippen LogP contribution is 2.23. The minimum Gasteiger partial charge on any atom is -0.494 e. The lowest BCUT2D eigenvalue weighted by molar-refractivity contribution is 0.205. The summed E-state index contributed by atoms with van der Waals surface area (Å²) in [6, 6.07) is 8.10. The number of oxazole rings is 1. The molecule has 27 heavy (non-hydrogen) atoms. The number of aromatic nitrogens is 1. The Labute approximate surface area is 162 Å². The van der Waals surface area contributed by atoms with Crippen molar-refractivity contribution < 1.29 is 9.15 Å². The van der Waals surface area contributed by atoms with E-state index in [1.165, 1.54) is 58.3 Å². The summed E-state index contributed by atoms with van der Waals surface area (Å²) in [6.07, 6.45) is 9.56. The van der Waals surface area contributed by atoms with E-state index in [9.17, 15) is 0 Å². The van der Waals surface area contributed by atoms with Gasteiger partial charge in [0.2, 0.25) is 5.89 Å². The first-order chi connectivity index (χ1) is 13.4. The molecule has 0 bridgehead atoms. The largest absolute Gasteiger partial charge is 0.494 e. The van der Waals surface area contributed by atoms with Crippen LogP contribution in [0.4, 0.5) is 0 Å². The van der Waals surface area contributed by atoms with Gasteiger partial charge in [0.05, 0.1) is 12.3 Å². The summed E-state index contributed by atoms with van der Waals surface area (Å²) in [4.78, 5) is 9.63. The van der Waals surface area contributed by atoms with Crippen molar-refractivity contribution >= 4 is 0 Å². The molecule has 3 heterocycles. The van der Waals surface area contributed by atoms with Crippen LogP contribution in [0.15, 0.2) is 34.9 Å². The molecule has 5 heteroatoms. The number of likely N-dealkylation sites (tertiary alicyclic amines) is 2. The smallest absolute Gasteiger partial charge is 0.226 e. The predicted octanol–water partition coefficient (Wildman–Crippen LogP) is 4.19. The Morgan fingerprint density at radius 3 is 2.37 bits per heavy atom. The second kappa shape index (κ2) is 9.38. The molecule has 2 fully saturated rings. The van der Waals surface area contributed by atoms with Gasteiger partial charge in [0.15, 0.2) is 0 Å². The Bertz CT molecular complexity index is 686. The summed E-state index contributed by atoms with van der Waals surface area (Å²) in [5.41, 5.74) is 2.02. The van der Waals surface area contributed by atoms with Crippen molar-refractivity contribution in [2.24, 2.45) is 0 Å². The first-order valence-electron chi connectivity index (χ1n) is 10.5. The van der Waals surface area contributed by atoms with Gasteiger partial charge >= 0.3 is 0 Å². The van der Waals surface area contributed by atoms with Crippen LogP contribution >= 0.6 is 0 Å². The van der Waals surface area contributed by atoms with Gasteiger partial charge < -0.3 is 14.1 Å². The molecule has 2 aliphatic heterocycles. The molecular formula is C22H31N3O2. The maximum atomic E-state index is 5.90. The SMILES string of the molecule is c1cc(-c2nc(CN3CCCC3)co2)ccc1OCCCN1CCCCC1. The molecule has 0 atom stereocenters. The van der Waals surface area contributed by atoms with Crippen molar-refractivity contribution in [3.8, 4) is 17.2 Å². The fourth-order valence-corrected chi connectivity index (χ4v) is 4.04. The topological polar surface area (TPSA) is 41.7 Å². The van der Waals surface area contributed by atoms with Crippen LogP contribution in [-0.2, 0) is 6.54 Å². The van der Waals surface area contributed by atoms with Crippen LogP contribution in [0.25, 0.3) is 11.5 Å². The first kappa shape index (κ1) is 18.5. The highest BCUT2D eigenvalue weighted by molar-refractivity contribution is 5.54. The average molecular weight is 370 g/mol. The van der Waals surface area contributed by atoms with E-state index in [1.54, 1.807) is 6.26 Å². The van der Waals surface area contributed by atoms with Crippen molar-refractivity contribution in [1.29, 1.82) is 0 Å². The number of ether oxygens (including phenoxy) is 1. The zero-order valence-corrected chi connectivity index (χ0v) is 16.2. The standard InChI is InChI=1S/C22H31N3O2/c1-2-11-24(12-3-1)15-6-16-26-21-9-7-19(8-10-21)22-23-20(18-27-22)17-25-13-4-5-14-25/h7-10,18H,1-6,11-17H2. The van der Waals surface area contributed by atoms with E-state index < -0.39 is 0 Å². The molecule has 0 radical (unpaired) electrons. The number of hydrogen-bond acceptors (Lipinski definition) is 5. The molecule has 0 spiro atoms. The monoisotopic (exact) mass is 369 g/mol. The molecule has 1 aromatic heterocycles. The maximum Gasteiger partial charge on any atom is 0.226 e. The summed E-state index contributed by atoms with van der Waals surface area (Å²) in [7, 11) is 0. The molecule has 5 nitrogen and oxygen atoms in total. The maximum absolute atomic E-state index is 5.90. The Kier molecular flexibility index (Phi) is 6.43. The van der Waals surface area contributed by atoms with E-state index in [2.05, 4.69) is 14.8 Å². The third kappa shape index (κ3) is 5.33. The molecule has 0 saturated carbocycles. The van der Waals surface area contributed by atoms with Crippen molar-refractivity contribution in [3.63, 3.8) is 0 Å². The van der Waals surface area contributed by atoms with Gasteiger partial charge in [0.1, 0.15) is 12.0 Å². The quantitative estimate of drug-likeness (QED) is 0.653. The highest BCUT2D eigenvalue weighted by atomic mass is 16.5. The van der Waals surface area contributed by atoms with E-state index in [1.807, 2.05) is 24.3 Å². The van der Waals surface area contributed by atoms with Gasteiger partial charge in [-0.05, 0) is 82.5 Å². The van der Waals surface area contributed by atoms with Crippen molar-refractivity contribution in [1.82, 2.24) is 14.8 Å². The molecule has 0 amide bonds. The Morgan fingerprint density at radius 2 is 1.59 bits per heavy atom. The van der Waals surface area contributed by atoms with E-state index in [0.29, 0.717) is 5.89 Å². The van der Waals surface area contributed by atoms with Gasteiger partial charge in [-0.2, -0.15) is 0 Å². The fraction of sp³-hybridized carbons (Fsp3) is 0.591. The molecule has 0 unspecified atom stereocenters. The lowest BCUT2D eigenvalue weighted by atomic mass is 10.1. The molecule has 1 aromatic carbocycles. The van der Waals surface area contributed by atoms with Gasteiger partial charge in [0.25, 0.3) is 0 Å². The molecule has 0 N–H and O–H groups in total. The molecular weight excluding hydrogens is 338 g/mol. The number of rotatable bonds is 8. The number of piperidine rings is 1. The van der Waals surface area contributed by atoms with Crippen LogP contribution in [0.5, 0.6) is 5.75 Å². The van der Waals surface area contributed by atoms with Crippen LogP contribution in [0.2, 0.25) is 0 Å². The second-order valence-corrected chi connectivity index (χ2v) is 7.76. The van der Waals surface area contributed by atoms with Gasteiger partial charge in [-0.25, -0.2) is 4.98 Å². The molecule has 146 valence electrons. The molecule has 4 rings (SSSR count). The van der Waals surface area contributed by atoms with Gasteiger partial charge in [-0.1, -0.05) is 6.42 Å². The summed E-state index contributed by atoms with van der Waals surface area (Å²) < 4.78 is 11.6. The molecule has 0 aliphatic carbocycles. The van der Waals surface area contributed by atoms with E-state index in [-0.39, 0.29) is 0 Å². The second-order valence-electron chi connectivity index (χ2n) is 7.76. The lowest BCUT2D eigenvalue weighted by Crippen LogP contribution is -2.31. The lowest BCUT2D eigenvalue weighted by Gasteiger charge is -2.26. The zero-order chi connectivity index (χ0) is 18.3. The van der Waals surface area contributed by atoms with Gasteiger partial charge in [-0.3, -0.25) is 4.90 Å². The van der Waals surface area contributed by atoms with Crippen LogP contribution in [0.3, 0.4) is 0 Å². The number of nitrogens with zero attached hydrogens (tertiary/aromatic N) is 3. The minimum atomic E-state index is 0.695. The summed E-state index contributed by atoms with van der Waals surface area (Å²) in [5, 5.41) is 0. The highest BCUT2D eigenvalue weighted by Gasteiger charge is 2.15. The van der Waals surface area contributed by atoms with E-state index >= 15 is 0 Å². The van der Waals surface area contributed by atoms with Gasteiger partial charge in [-0.15, -0.1) is 0 Å². The summed E-state index contributed by atoms with van der Waals surface area (Å²) >= 11 is 0. The van der Waals surface area contributed by atoms with Crippen LogP contribution in [0, 0.1) is 0 Å². The van der Waals surface area contributed by atoms with Crippen molar-refractivity contribution in [2.75, 3.05) is 39.3 Å². The first-order valence-corrected chi connectivity index (χ1v) is 10.5. The fourth-order valence-electron chi connectivity index (χ4n) is 4.04. The molecule has 2 aliphatic rings. The Hall–Kier alpha value is -1.85. The van der Waals surface area contributed by atoms with Gasteiger partial charge in [0, 0.05) is 18.7 Å². The van der Waals surface area contributed by atoms with Crippen LogP contribution in [-0.4, -0.2) is 54.1 Å². The molecule has 2 saturated heterocycles.